The molecular formula is C20H34O7. The maximum Gasteiger partial charge on any atom is 0.311 e. The van der Waals surface area contributed by atoms with Gasteiger partial charge in [-0.15, -0.1) is 0 Å². The van der Waals surface area contributed by atoms with E-state index in [1.807, 2.05) is 0 Å². The minimum atomic E-state index is -1.09. The number of carbonyl (C=O) groups excluding carboxylic acids is 2. The number of esters is 1. The van der Waals surface area contributed by atoms with Crippen molar-refractivity contribution in [1.82, 2.24) is 0 Å². The first-order valence-electron chi connectivity index (χ1n) is 9.86. The van der Waals surface area contributed by atoms with Crippen molar-refractivity contribution >= 4 is 11.8 Å². The summed E-state index contributed by atoms with van der Waals surface area (Å²) in [5, 5.41) is 31.9. The molecule has 2 aliphatic heterocycles. The van der Waals surface area contributed by atoms with Crippen molar-refractivity contribution in [3.05, 3.63) is 0 Å². The summed E-state index contributed by atoms with van der Waals surface area (Å²) >= 11 is 0. The average molecular weight is 386 g/mol. The Morgan fingerprint density at radius 2 is 1.37 bits per heavy atom. The van der Waals surface area contributed by atoms with Gasteiger partial charge in [-0.25, -0.2) is 0 Å². The van der Waals surface area contributed by atoms with E-state index >= 15 is 0 Å². The number of epoxide rings is 1. The molecule has 2 aliphatic rings. The van der Waals surface area contributed by atoms with Crippen LogP contribution in [0, 0.1) is 29.6 Å². The van der Waals surface area contributed by atoms with Crippen LogP contribution in [0.5, 0.6) is 0 Å². The summed E-state index contributed by atoms with van der Waals surface area (Å²) in [6, 6.07) is 0. The largest absolute Gasteiger partial charge is 0.462 e. The standard InChI is InChI=1S/C20H34O7/c1-9-7-20(8-26-20)18(24)12(4)16(22)10(2)14(6)27-19(25)13(5)17(23)11(3)15(9)21/h9-17,21-23H,7-8H2,1-6H3/t9-,10-,11+,12+,13+,14+,15-,16-,17+,20+/m0/s1. The number of carbonyl (C=O) groups is 2. The highest BCUT2D eigenvalue weighted by Gasteiger charge is 2.56. The van der Waals surface area contributed by atoms with Gasteiger partial charge in [0.15, 0.2) is 11.4 Å². The number of hydrogen-bond donors (Lipinski definition) is 3. The predicted molar refractivity (Wildman–Crippen MR) is 97.7 cm³/mol. The molecule has 0 unspecified atom stereocenters. The summed E-state index contributed by atoms with van der Waals surface area (Å²) in [7, 11) is 0. The van der Waals surface area contributed by atoms with Gasteiger partial charge in [0.2, 0.25) is 0 Å². The number of hydrogen-bond acceptors (Lipinski definition) is 7. The Hall–Kier alpha value is -1.02. The van der Waals surface area contributed by atoms with Gasteiger partial charge in [0.1, 0.15) is 6.10 Å². The summed E-state index contributed by atoms with van der Waals surface area (Å²) in [6.07, 6.45) is -3.32. The Kier molecular flexibility index (Phi) is 6.72. The number of rotatable bonds is 0. The number of aliphatic hydroxyl groups excluding tert-OH is 3. The zero-order valence-corrected chi connectivity index (χ0v) is 17.1. The van der Waals surface area contributed by atoms with E-state index in [1.54, 1.807) is 41.5 Å². The zero-order chi connectivity index (χ0) is 20.7. The monoisotopic (exact) mass is 386 g/mol. The number of Topliss-reactive ketones (excluding diaryl/α,β-unsaturated/α-hetero) is 1. The van der Waals surface area contributed by atoms with E-state index in [9.17, 15) is 24.9 Å². The van der Waals surface area contributed by atoms with Crippen molar-refractivity contribution in [2.75, 3.05) is 6.61 Å². The van der Waals surface area contributed by atoms with Gasteiger partial charge < -0.3 is 24.8 Å². The molecule has 7 heteroatoms. The summed E-state index contributed by atoms with van der Waals surface area (Å²) in [4.78, 5) is 25.4. The predicted octanol–water partition coefficient (Wildman–Crippen LogP) is 0.923. The fourth-order valence-corrected chi connectivity index (χ4v) is 4.10. The van der Waals surface area contributed by atoms with Crippen molar-refractivity contribution in [3.63, 3.8) is 0 Å². The highest BCUT2D eigenvalue weighted by molar-refractivity contribution is 5.92. The Balaban J connectivity index is 2.34. The lowest BCUT2D eigenvalue weighted by molar-refractivity contribution is -0.165. The Morgan fingerprint density at radius 3 is 1.89 bits per heavy atom. The quantitative estimate of drug-likeness (QED) is 0.419. The van der Waals surface area contributed by atoms with E-state index < -0.39 is 59.7 Å². The number of ether oxygens (including phenoxy) is 2. The lowest BCUT2D eigenvalue weighted by Crippen LogP contribution is -2.47. The normalized spacial score (nSPS) is 50.2. The molecule has 0 saturated carbocycles. The first-order chi connectivity index (χ1) is 12.4. The highest BCUT2D eigenvalue weighted by Crippen LogP contribution is 2.41. The first kappa shape index (κ1) is 22.3. The third kappa shape index (κ3) is 4.36. The first-order valence-corrected chi connectivity index (χ1v) is 9.86. The van der Waals surface area contributed by atoms with Crippen LogP contribution in [0.15, 0.2) is 0 Å². The van der Waals surface area contributed by atoms with Crippen molar-refractivity contribution in [1.29, 1.82) is 0 Å². The molecule has 7 nitrogen and oxygen atoms in total. The minimum absolute atomic E-state index is 0.196. The van der Waals surface area contributed by atoms with Crippen molar-refractivity contribution in [3.8, 4) is 0 Å². The maximum absolute atomic E-state index is 13.0. The molecule has 0 aromatic carbocycles. The van der Waals surface area contributed by atoms with Gasteiger partial charge in [-0.3, -0.25) is 9.59 Å². The summed E-state index contributed by atoms with van der Waals surface area (Å²) in [6.45, 7) is 10.4. The second kappa shape index (κ2) is 8.15. The Bertz CT molecular complexity index is 559. The molecule has 0 aromatic rings. The van der Waals surface area contributed by atoms with Crippen LogP contribution in [-0.4, -0.2) is 63.7 Å². The third-order valence-corrected chi connectivity index (χ3v) is 6.65. The molecule has 3 N–H and O–H groups in total. The van der Waals surface area contributed by atoms with Crippen LogP contribution >= 0.6 is 0 Å². The molecule has 0 amide bonds. The van der Waals surface area contributed by atoms with E-state index in [1.165, 1.54) is 0 Å². The van der Waals surface area contributed by atoms with Crippen LogP contribution in [0.4, 0.5) is 0 Å². The molecule has 2 fully saturated rings. The summed E-state index contributed by atoms with van der Waals surface area (Å²) in [5.41, 5.74) is -0.985. The van der Waals surface area contributed by atoms with Crippen molar-refractivity contribution in [2.24, 2.45) is 29.6 Å². The third-order valence-electron chi connectivity index (χ3n) is 6.65. The van der Waals surface area contributed by atoms with Crippen molar-refractivity contribution in [2.45, 2.75) is 78.0 Å². The number of cyclic esters (lactones) is 1. The zero-order valence-electron chi connectivity index (χ0n) is 17.1. The van der Waals surface area contributed by atoms with E-state index in [-0.39, 0.29) is 18.3 Å². The average Bonchev–Trinajstić information content (AvgIpc) is 3.42. The van der Waals surface area contributed by atoms with Crippen LogP contribution < -0.4 is 0 Å². The summed E-state index contributed by atoms with van der Waals surface area (Å²) in [5.74, 6) is -3.65. The second-order valence-electron chi connectivity index (χ2n) is 8.74. The van der Waals surface area contributed by atoms with Gasteiger partial charge >= 0.3 is 5.97 Å². The molecule has 0 radical (unpaired) electrons. The van der Waals surface area contributed by atoms with Gasteiger partial charge in [-0.1, -0.05) is 27.7 Å². The van der Waals surface area contributed by atoms with Gasteiger partial charge in [0, 0.05) is 17.8 Å². The van der Waals surface area contributed by atoms with E-state index in [0.717, 1.165) is 0 Å². The van der Waals surface area contributed by atoms with Crippen LogP contribution in [0.2, 0.25) is 0 Å². The molecule has 10 atom stereocenters. The maximum atomic E-state index is 13.0. The Morgan fingerprint density at radius 1 is 0.852 bits per heavy atom. The van der Waals surface area contributed by atoms with Crippen LogP contribution in [0.1, 0.15) is 48.0 Å². The Labute approximate surface area is 161 Å². The molecule has 0 aromatic heterocycles. The minimum Gasteiger partial charge on any atom is -0.462 e. The molecule has 1 spiro atoms. The van der Waals surface area contributed by atoms with E-state index in [2.05, 4.69) is 0 Å². The molecule has 0 aliphatic carbocycles. The molecular weight excluding hydrogens is 352 g/mol. The lowest BCUT2D eigenvalue weighted by atomic mass is 9.76. The summed E-state index contributed by atoms with van der Waals surface area (Å²) < 4.78 is 10.9. The second-order valence-corrected chi connectivity index (χ2v) is 8.74. The van der Waals surface area contributed by atoms with E-state index in [0.29, 0.717) is 6.42 Å². The highest BCUT2D eigenvalue weighted by atomic mass is 16.6. The van der Waals surface area contributed by atoms with E-state index in [4.69, 9.17) is 9.47 Å². The molecule has 156 valence electrons. The number of aliphatic hydroxyl groups is 3. The number of ketones is 1. The fourth-order valence-electron chi connectivity index (χ4n) is 4.10. The smallest absolute Gasteiger partial charge is 0.311 e. The molecule has 2 rings (SSSR count). The topological polar surface area (TPSA) is 117 Å². The molecule has 2 heterocycles. The van der Waals surface area contributed by atoms with Crippen LogP contribution in [-0.2, 0) is 19.1 Å². The van der Waals surface area contributed by atoms with Gasteiger partial charge in [-0.05, 0) is 26.2 Å². The van der Waals surface area contributed by atoms with Gasteiger partial charge in [-0.2, -0.15) is 0 Å². The van der Waals surface area contributed by atoms with Crippen LogP contribution in [0.25, 0.3) is 0 Å². The molecule has 2 saturated heterocycles. The molecule has 27 heavy (non-hydrogen) atoms. The van der Waals surface area contributed by atoms with Crippen molar-refractivity contribution < 1.29 is 34.4 Å². The van der Waals surface area contributed by atoms with Gasteiger partial charge in [0.05, 0.1) is 30.8 Å². The van der Waals surface area contributed by atoms with Crippen LogP contribution in [0.3, 0.4) is 0 Å². The SMILES string of the molecule is C[C@@H]1[C@@H](O)[C@@H](C)C[C@@]2(CO2)C(=O)[C@H](C)[C@@H](O)[C@@H](C)[C@@H](C)OC(=O)[C@H](C)[C@@H]1O. The van der Waals surface area contributed by atoms with Gasteiger partial charge in [0.25, 0.3) is 0 Å². The lowest BCUT2D eigenvalue weighted by Gasteiger charge is -2.35. The molecule has 0 bridgehead atoms. The fraction of sp³-hybridized carbons (Fsp3) is 0.900.